The first-order valence-electron chi connectivity index (χ1n) is 3.72. The number of rotatable bonds is 2. The highest BCUT2D eigenvalue weighted by Crippen LogP contribution is 2.23. The first kappa shape index (κ1) is 11.0. The molecule has 0 aromatic heterocycles. The van der Waals surface area contributed by atoms with Crippen molar-refractivity contribution in [1.82, 2.24) is 0 Å². The second kappa shape index (κ2) is 4.00. The van der Waals surface area contributed by atoms with Crippen molar-refractivity contribution in [3.05, 3.63) is 29.8 Å². The monoisotopic (exact) mass is 215 g/mol. The molecule has 0 fully saturated rings. The van der Waals surface area contributed by atoms with E-state index in [4.69, 9.17) is 5.26 Å². The van der Waals surface area contributed by atoms with E-state index in [1.165, 1.54) is 18.2 Å². The molecule has 0 atom stereocenters. The highest BCUT2D eigenvalue weighted by atomic mass is 19.4. The molecule has 6 heteroatoms. The summed E-state index contributed by atoms with van der Waals surface area (Å²) < 4.78 is 38.9. The van der Waals surface area contributed by atoms with Crippen LogP contribution in [0.25, 0.3) is 0 Å². The third-order valence-corrected chi connectivity index (χ3v) is 1.43. The Morgan fingerprint density at radius 1 is 1.40 bits per heavy atom. The summed E-state index contributed by atoms with van der Waals surface area (Å²) in [4.78, 5) is 10.8. The molecule has 1 aromatic carbocycles. The Kier molecular flexibility index (Phi) is 2.95. The average molecular weight is 215 g/mol. The van der Waals surface area contributed by atoms with Gasteiger partial charge in [0.1, 0.15) is 11.8 Å². The molecule has 1 aromatic rings. The fourth-order valence-corrected chi connectivity index (χ4v) is 0.899. The topological polar surface area (TPSA) is 50.1 Å². The van der Waals surface area contributed by atoms with Crippen LogP contribution in [0.1, 0.15) is 10.4 Å². The number of benzene rings is 1. The maximum absolute atomic E-state index is 11.8. The van der Waals surface area contributed by atoms with Gasteiger partial charge in [-0.15, -0.1) is 13.2 Å². The molecular weight excluding hydrogens is 211 g/mol. The molecular formula is C9H4F3NO2. The van der Waals surface area contributed by atoms with E-state index in [1.54, 1.807) is 0 Å². The Bertz CT molecular complexity index is 420. The Balaban J connectivity index is 2.94. The number of nitriles is 1. The number of carbonyl (C=O) groups is 1. The zero-order valence-corrected chi connectivity index (χ0v) is 7.21. The molecule has 0 spiro atoms. The molecule has 0 aliphatic rings. The van der Waals surface area contributed by atoms with Crippen LogP contribution >= 0.6 is 0 Å². The lowest BCUT2D eigenvalue weighted by Crippen LogP contribution is -2.17. The van der Waals surface area contributed by atoms with Crippen LogP contribution in [0.15, 0.2) is 24.3 Å². The first-order valence-corrected chi connectivity index (χ1v) is 3.72. The van der Waals surface area contributed by atoms with E-state index in [1.807, 2.05) is 0 Å². The summed E-state index contributed by atoms with van der Waals surface area (Å²) >= 11 is 0. The van der Waals surface area contributed by atoms with Crippen molar-refractivity contribution in [2.24, 2.45) is 0 Å². The van der Waals surface area contributed by atoms with Crippen molar-refractivity contribution < 1.29 is 22.7 Å². The molecule has 0 heterocycles. The third-order valence-electron chi connectivity index (χ3n) is 1.43. The van der Waals surface area contributed by atoms with Gasteiger partial charge in [-0.05, 0) is 12.1 Å². The minimum Gasteiger partial charge on any atom is -0.406 e. The zero-order valence-electron chi connectivity index (χ0n) is 7.21. The van der Waals surface area contributed by atoms with Crippen LogP contribution < -0.4 is 4.74 Å². The van der Waals surface area contributed by atoms with Crippen LogP contribution in [-0.4, -0.2) is 12.1 Å². The summed E-state index contributed by atoms with van der Waals surface area (Å²) in [5, 5.41) is 8.25. The van der Waals surface area contributed by atoms with E-state index in [-0.39, 0.29) is 5.56 Å². The molecule has 3 nitrogen and oxygen atoms in total. The number of alkyl halides is 3. The van der Waals surface area contributed by atoms with Gasteiger partial charge in [-0.2, -0.15) is 5.26 Å². The highest BCUT2D eigenvalue weighted by molar-refractivity contribution is 6.07. The number of Topliss-reactive ketones (excluding diaryl/α,β-unsaturated/α-hetero) is 1. The minimum atomic E-state index is -4.81. The Morgan fingerprint density at radius 2 is 2.07 bits per heavy atom. The highest BCUT2D eigenvalue weighted by Gasteiger charge is 2.31. The number of ketones is 1. The van der Waals surface area contributed by atoms with Crippen molar-refractivity contribution >= 4 is 5.78 Å². The number of hydrogen-bond acceptors (Lipinski definition) is 3. The summed E-state index contributed by atoms with van der Waals surface area (Å²) in [6.45, 7) is 0. The Labute approximate surface area is 82.7 Å². The third kappa shape index (κ3) is 3.31. The summed E-state index contributed by atoms with van der Waals surface area (Å²) in [5.41, 5.74) is -0.140. The summed E-state index contributed by atoms with van der Waals surface area (Å²) in [5.74, 6) is -1.44. The van der Waals surface area contributed by atoms with Gasteiger partial charge in [-0.3, -0.25) is 4.79 Å². The summed E-state index contributed by atoms with van der Waals surface area (Å²) in [6, 6.07) is 5.63. The Hall–Kier alpha value is -2.03. The van der Waals surface area contributed by atoms with Gasteiger partial charge in [0.05, 0.1) is 0 Å². The summed E-state index contributed by atoms with van der Waals surface area (Å²) in [7, 11) is 0. The number of halogens is 3. The molecule has 0 aliphatic heterocycles. The predicted octanol–water partition coefficient (Wildman–Crippen LogP) is 2.29. The van der Waals surface area contributed by atoms with Gasteiger partial charge in [-0.25, -0.2) is 0 Å². The van der Waals surface area contributed by atoms with E-state index < -0.39 is 17.9 Å². The fourth-order valence-electron chi connectivity index (χ4n) is 0.899. The lowest BCUT2D eigenvalue weighted by atomic mass is 10.1. The van der Waals surface area contributed by atoms with Crippen molar-refractivity contribution in [1.29, 1.82) is 5.26 Å². The van der Waals surface area contributed by atoms with E-state index in [2.05, 4.69) is 4.74 Å². The van der Waals surface area contributed by atoms with Crippen LogP contribution in [-0.2, 0) is 0 Å². The first-order chi connectivity index (χ1) is 6.92. The Morgan fingerprint density at radius 3 is 2.60 bits per heavy atom. The molecule has 1 rings (SSSR count). The maximum Gasteiger partial charge on any atom is 0.573 e. The van der Waals surface area contributed by atoms with Crippen LogP contribution in [0.2, 0.25) is 0 Å². The van der Waals surface area contributed by atoms with Crippen LogP contribution in [0.4, 0.5) is 13.2 Å². The van der Waals surface area contributed by atoms with Gasteiger partial charge in [0.2, 0.25) is 0 Å². The van der Waals surface area contributed by atoms with Gasteiger partial charge in [0.15, 0.2) is 0 Å². The molecule has 0 amide bonds. The van der Waals surface area contributed by atoms with E-state index >= 15 is 0 Å². The zero-order chi connectivity index (χ0) is 11.5. The van der Waals surface area contributed by atoms with Crippen LogP contribution in [0.5, 0.6) is 5.75 Å². The van der Waals surface area contributed by atoms with Crippen molar-refractivity contribution in [2.45, 2.75) is 6.36 Å². The van der Waals surface area contributed by atoms with Crippen LogP contribution in [0.3, 0.4) is 0 Å². The quantitative estimate of drug-likeness (QED) is 0.561. The number of carbonyl (C=O) groups excluding carboxylic acids is 1. The van der Waals surface area contributed by atoms with Gasteiger partial charge in [0, 0.05) is 5.56 Å². The summed E-state index contributed by atoms with van der Waals surface area (Å²) in [6.07, 6.45) is -4.81. The molecule has 0 radical (unpaired) electrons. The van der Waals surface area contributed by atoms with E-state index in [0.29, 0.717) is 0 Å². The second-order valence-electron chi connectivity index (χ2n) is 2.52. The molecule has 0 saturated heterocycles. The smallest absolute Gasteiger partial charge is 0.406 e. The molecule has 0 unspecified atom stereocenters. The van der Waals surface area contributed by atoms with E-state index in [0.717, 1.165) is 12.1 Å². The lowest BCUT2D eigenvalue weighted by Gasteiger charge is -2.08. The number of nitrogens with zero attached hydrogens (tertiary/aromatic N) is 1. The molecule has 0 bridgehead atoms. The van der Waals surface area contributed by atoms with Gasteiger partial charge in [-0.1, -0.05) is 12.1 Å². The predicted molar refractivity (Wildman–Crippen MR) is 43.1 cm³/mol. The largest absolute Gasteiger partial charge is 0.573 e. The van der Waals surface area contributed by atoms with Gasteiger partial charge >= 0.3 is 6.36 Å². The SMILES string of the molecule is N#CC(=O)c1cccc(OC(F)(F)F)c1. The van der Waals surface area contributed by atoms with E-state index in [9.17, 15) is 18.0 Å². The molecule has 0 N–H and O–H groups in total. The van der Waals surface area contributed by atoms with Crippen molar-refractivity contribution in [3.8, 4) is 11.8 Å². The normalized spacial score (nSPS) is 10.5. The molecule has 15 heavy (non-hydrogen) atoms. The molecule has 0 aliphatic carbocycles. The minimum absolute atomic E-state index is 0.140. The standard InChI is InChI=1S/C9H4F3NO2/c10-9(11,12)15-7-3-1-2-6(4-7)8(14)5-13/h1-4H. The van der Waals surface area contributed by atoms with Crippen molar-refractivity contribution in [2.75, 3.05) is 0 Å². The van der Waals surface area contributed by atoms with Gasteiger partial charge in [0.25, 0.3) is 5.78 Å². The second-order valence-corrected chi connectivity index (χ2v) is 2.52. The number of hydrogen-bond donors (Lipinski definition) is 0. The number of ether oxygens (including phenoxy) is 1. The molecule has 78 valence electrons. The van der Waals surface area contributed by atoms with Crippen molar-refractivity contribution in [3.63, 3.8) is 0 Å². The average Bonchev–Trinajstić information content (AvgIpc) is 2.14. The molecule has 0 saturated carbocycles. The maximum atomic E-state index is 11.8. The fraction of sp³-hybridized carbons (Fsp3) is 0.111. The van der Waals surface area contributed by atoms with Gasteiger partial charge < -0.3 is 4.74 Å². The lowest BCUT2D eigenvalue weighted by molar-refractivity contribution is -0.274. The van der Waals surface area contributed by atoms with Crippen LogP contribution in [0, 0.1) is 11.3 Å².